The molecule has 0 heterocycles. The van der Waals surface area contributed by atoms with Gasteiger partial charge in [0.15, 0.2) is 0 Å². The summed E-state index contributed by atoms with van der Waals surface area (Å²) in [6.45, 7) is 8.07. The van der Waals surface area contributed by atoms with Gasteiger partial charge in [0, 0.05) is 32.7 Å². The fraction of sp³-hybridized carbons (Fsp3) is 0.391. The number of hydrogen-bond acceptors (Lipinski definition) is 2. The molecule has 0 aromatic heterocycles. The molecule has 4 nitrogen and oxygen atoms in total. The van der Waals surface area contributed by atoms with Gasteiger partial charge in [-0.15, -0.1) is 0 Å². The maximum absolute atomic E-state index is 13.2. The van der Waals surface area contributed by atoms with E-state index in [0.717, 1.165) is 29.4 Å². The molecule has 0 unspecified atom stereocenters. The van der Waals surface area contributed by atoms with Crippen LogP contribution in [0.4, 0.5) is 18.9 Å². The Morgan fingerprint density at radius 1 is 1.03 bits per heavy atom. The van der Waals surface area contributed by atoms with Crippen molar-refractivity contribution in [3.63, 3.8) is 0 Å². The van der Waals surface area contributed by atoms with Crippen LogP contribution >= 0.6 is 0 Å². The lowest BCUT2D eigenvalue weighted by atomic mass is 10.0. The van der Waals surface area contributed by atoms with Crippen molar-refractivity contribution in [1.82, 2.24) is 9.80 Å². The van der Waals surface area contributed by atoms with Gasteiger partial charge in [-0.2, -0.15) is 13.2 Å². The molecule has 0 bridgehead atoms. The molecule has 0 atom stereocenters. The van der Waals surface area contributed by atoms with Gasteiger partial charge in [-0.1, -0.05) is 12.1 Å². The number of nitrogens with zero attached hydrogens (tertiary/aromatic N) is 3. The minimum atomic E-state index is -4.42. The first-order chi connectivity index (χ1) is 13.9. The van der Waals surface area contributed by atoms with Gasteiger partial charge in [0.25, 0.3) is 5.91 Å². The van der Waals surface area contributed by atoms with E-state index in [0.29, 0.717) is 11.1 Å². The fourth-order valence-corrected chi connectivity index (χ4v) is 3.04. The van der Waals surface area contributed by atoms with E-state index >= 15 is 0 Å². The molecule has 2 aromatic rings. The van der Waals surface area contributed by atoms with Gasteiger partial charge in [-0.05, 0) is 68.1 Å². The molecule has 0 aliphatic heterocycles. The molecule has 0 fully saturated rings. The highest BCUT2D eigenvalue weighted by molar-refractivity contribution is 5.96. The second kappa shape index (κ2) is 9.32. The summed E-state index contributed by atoms with van der Waals surface area (Å²) in [5.74, 6) is -0.245. The van der Waals surface area contributed by atoms with E-state index in [1.807, 2.05) is 38.8 Å². The third-order valence-electron chi connectivity index (χ3n) is 5.04. The van der Waals surface area contributed by atoms with E-state index in [9.17, 15) is 18.0 Å². The molecular formula is C23H28F3N3O. The van der Waals surface area contributed by atoms with Crippen molar-refractivity contribution in [1.29, 1.82) is 0 Å². The van der Waals surface area contributed by atoms with Gasteiger partial charge in [-0.3, -0.25) is 4.79 Å². The number of aliphatic imine (C=N–C) groups is 1. The Hall–Kier alpha value is -2.83. The quantitative estimate of drug-likeness (QED) is 0.457. The molecule has 0 aliphatic rings. The van der Waals surface area contributed by atoms with Crippen molar-refractivity contribution in [2.24, 2.45) is 4.99 Å². The lowest BCUT2D eigenvalue weighted by molar-refractivity contribution is -0.138. The summed E-state index contributed by atoms with van der Waals surface area (Å²) in [5.41, 5.74) is 2.84. The van der Waals surface area contributed by atoms with Crippen molar-refractivity contribution in [2.75, 3.05) is 20.6 Å². The zero-order valence-electron chi connectivity index (χ0n) is 18.3. The number of amides is 1. The van der Waals surface area contributed by atoms with Gasteiger partial charge >= 0.3 is 6.18 Å². The zero-order chi connectivity index (χ0) is 22.6. The average Bonchev–Trinajstić information content (AvgIpc) is 2.67. The van der Waals surface area contributed by atoms with Crippen molar-refractivity contribution in [2.45, 2.75) is 40.4 Å². The number of halogens is 3. The van der Waals surface area contributed by atoms with Crippen molar-refractivity contribution in [3.05, 3.63) is 63.7 Å². The van der Waals surface area contributed by atoms with Crippen LogP contribution in [0.3, 0.4) is 0 Å². The maximum atomic E-state index is 13.2. The Morgan fingerprint density at radius 2 is 1.70 bits per heavy atom. The van der Waals surface area contributed by atoms with E-state index in [1.54, 1.807) is 25.5 Å². The molecule has 1 amide bonds. The smallest absolute Gasteiger partial charge is 0.366 e. The minimum absolute atomic E-state index is 0.0852. The van der Waals surface area contributed by atoms with Crippen LogP contribution in [0.5, 0.6) is 0 Å². The molecule has 0 saturated heterocycles. The highest BCUT2D eigenvalue weighted by atomic mass is 19.4. The molecule has 162 valence electrons. The maximum Gasteiger partial charge on any atom is 0.416 e. The first kappa shape index (κ1) is 23.4. The van der Waals surface area contributed by atoms with Crippen LogP contribution in [-0.2, 0) is 12.7 Å². The first-order valence-electron chi connectivity index (χ1n) is 9.71. The van der Waals surface area contributed by atoms with E-state index in [1.165, 1.54) is 17.9 Å². The molecule has 0 spiro atoms. The summed E-state index contributed by atoms with van der Waals surface area (Å²) < 4.78 is 39.5. The van der Waals surface area contributed by atoms with Crippen LogP contribution < -0.4 is 0 Å². The highest BCUT2D eigenvalue weighted by Crippen LogP contribution is 2.32. The average molecular weight is 419 g/mol. The van der Waals surface area contributed by atoms with Crippen LogP contribution in [-0.4, -0.2) is 42.7 Å². The summed E-state index contributed by atoms with van der Waals surface area (Å²) in [5, 5.41) is 0. The molecule has 0 saturated carbocycles. The number of aryl methyl sites for hydroxylation is 3. The molecule has 0 radical (unpaired) electrons. The van der Waals surface area contributed by atoms with Gasteiger partial charge < -0.3 is 9.80 Å². The number of rotatable bonds is 6. The predicted octanol–water partition coefficient (Wildman–Crippen LogP) is 5.51. The molecule has 30 heavy (non-hydrogen) atoms. The van der Waals surface area contributed by atoms with Crippen LogP contribution in [0, 0.1) is 20.8 Å². The van der Waals surface area contributed by atoms with Crippen LogP contribution in [0.1, 0.15) is 45.1 Å². The third kappa shape index (κ3) is 5.62. The topological polar surface area (TPSA) is 35.9 Å². The van der Waals surface area contributed by atoms with Gasteiger partial charge in [0.2, 0.25) is 0 Å². The zero-order valence-corrected chi connectivity index (χ0v) is 18.3. The Morgan fingerprint density at radius 3 is 2.30 bits per heavy atom. The third-order valence-corrected chi connectivity index (χ3v) is 5.04. The number of alkyl halides is 3. The van der Waals surface area contributed by atoms with Gasteiger partial charge in [0.1, 0.15) is 0 Å². The predicted molar refractivity (Wildman–Crippen MR) is 114 cm³/mol. The van der Waals surface area contributed by atoms with E-state index < -0.39 is 11.7 Å². The van der Waals surface area contributed by atoms with Crippen LogP contribution in [0.15, 0.2) is 35.3 Å². The second-order valence-electron chi connectivity index (χ2n) is 7.58. The van der Waals surface area contributed by atoms with Gasteiger partial charge in [-0.25, -0.2) is 4.99 Å². The molecular weight excluding hydrogens is 391 g/mol. The molecule has 0 N–H and O–H groups in total. The number of benzene rings is 2. The first-order valence-corrected chi connectivity index (χ1v) is 9.71. The van der Waals surface area contributed by atoms with E-state index in [4.69, 9.17) is 0 Å². The standard InChI is InChI=1S/C23H28F3N3O/c1-7-28(5)14-27-21-11-16(3)19(10-17(21)4)22(30)29(6)13-18-9-8-15(2)20(12-18)23(24,25)26/h8-12,14H,7,13H2,1-6H3. The summed E-state index contributed by atoms with van der Waals surface area (Å²) in [7, 11) is 3.51. The monoisotopic (exact) mass is 419 g/mol. The van der Waals surface area contributed by atoms with Gasteiger partial charge in [0.05, 0.1) is 17.6 Å². The Kier molecular flexibility index (Phi) is 7.29. The van der Waals surface area contributed by atoms with Crippen LogP contribution in [0.25, 0.3) is 0 Å². The summed E-state index contributed by atoms with van der Waals surface area (Å²) in [6, 6.07) is 7.80. The Bertz CT molecular complexity index is 951. The van der Waals surface area contributed by atoms with E-state index in [2.05, 4.69) is 4.99 Å². The Labute approximate surface area is 176 Å². The minimum Gasteiger partial charge on any atom is -0.366 e. The normalized spacial score (nSPS) is 11.8. The molecule has 0 aliphatic carbocycles. The largest absolute Gasteiger partial charge is 0.416 e. The lowest BCUT2D eigenvalue weighted by Gasteiger charge is -2.20. The summed E-state index contributed by atoms with van der Waals surface area (Å²) in [4.78, 5) is 20.8. The highest BCUT2D eigenvalue weighted by Gasteiger charge is 2.32. The van der Waals surface area contributed by atoms with Crippen molar-refractivity contribution < 1.29 is 18.0 Å². The number of carbonyl (C=O) groups excluding carboxylic acids is 1. The van der Waals surface area contributed by atoms with Crippen molar-refractivity contribution in [3.8, 4) is 0 Å². The Balaban J connectivity index is 2.24. The van der Waals surface area contributed by atoms with E-state index in [-0.39, 0.29) is 18.0 Å². The summed E-state index contributed by atoms with van der Waals surface area (Å²) >= 11 is 0. The number of carbonyl (C=O) groups is 1. The molecule has 2 rings (SSSR count). The second-order valence-corrected chi connectivity index (χ2v) is 7.58. The summed E-state index contributed by atoms with van der Waals surface area (Å²) in [6.07, 6.45) is -2.68. The van der Waals surface area contributed by atoms with Crippen LogP contribution in [0.2, 0.25) is 0 Å². The van der Waals surface area contributed by atoms with Crippen molar-refractivity contribution >= 4 is 17.9 Å². The lowest BCUT2D eigenvalue weighted by Crippen LogP contribution is -2.27. The SMILES string of the molecule is CCN(C)C=Nc1cc(C)c(C(=O)N(C)Cc2ccc(C)c(C(F)(F)F)c2)cc1C. The fourth-order valence-electron chi connectivity index (χ4n) is 3.04. The molecule has 2 aromatic carbocycles. The number of hydrogen-bond donors (Lipinski definition) is 0. The molecule has 7 heteroatoms.